The highest BCUT2D eigenvalue weighted by atomic mass is 32.2. The molecule has 2 amide bonds. The average Bonchev–Trinajstić information content (AvgIpc) is 2.76. The fourth-order valence-corrected chi connectivity index (χ4v) is 3.42. The highest BCUT2D eigenvalue weighted by Gasteiger charge is 2.08. The van der Waals surface area contributed by atoms with Crippen LogP contribution in [0.4, 0.5) is 11.4 Å². The van der Waals surface area contributed by atoms with Crippen molar-refractivity contribution in [3.63, 3.8) is 0 Å². The van der Waals surface area contributed by atoms with Gasteiger partial charge in [-0.3, -0.25) is 9.59 Å². The van der Waals surface area contributed by atoms with Gasteiger partial charge in [-0.2, -0.15) is 0 Å². The molecule has 0 aromatic heterocycles. The number of anilines is 2. The Balaban J connectivity index is 1.44. The first-order valence-corrected chi connectivity index (χ1v) is 10.6. The summed E-state index contributed by atoms with van der Waals surface area (Å²) in [5.41, 5.74) is 3.75. The molecule has 0 heterocycles. The van der Waals surface area contributed by atoms with Crippen molar-refractivity contribution in [1.82, 2.24) is 0 Å². The molecule has 154 valence electrons. The number of carbonyl (C=O) groups is 2. The summed E-state index contributed by atoms with van der Waals surface area (Å²) >= 11 is 1.44. The summed E-state index contributed by atoms with van der Waals surface area (Å²) in [4.78, 5) is 25.2. The number of aryl methyl sites for hydroxylation is 1. The monoisotopic (exact) mass is 420 g/mol. The summed E-state index contributed by atoms with van der Waals surface area (Å²) in [5, 5.41) is 5.75. The van der Waals surface area contributed by atoms with Gasteiger partial charge < -0.3 is 15.4 Å². The van der Waals surface area contributed by atoms with Crippen molar-refractivity contribution < 1.29 is 14.3 Å². The molecule has 0 aliphatic carbocycles. The van der Waals surface area contributed by atoms with E-state index in [1.807, 2.05) is 74.5 Å². The topological polar surface area (TPSA) is 67.4 Å². The number of benzene rings is 3. The lowest BCUT2D eigenvalue weighted by Crippen LogP contribution is -2.20. The molecular formula is C24H24N2O3S. The molecule has 3 aromatic rings. The molecule has 0 atom stereocenters. The zero-order valence-corrected chi connectivity index (χ0v) is 17.8. The van der Waals surface area contributed by atoms with Crippen LogP contribution < -0.4 is 15.4 Å². The molecule has 0 aliphatic heterocycles. The van der Waals surface area contributed by atoms with E-state index < -0.39 is 0 Å². The smallest absolute Gasteiger partial charge is 0.262 e. The predicted octanol–water partition coefficient (Wildman–Crippen LogP) is 5.05. The van der Waals surface area contributed by atoms with Gasteiger partial charge in [-0.1, -0.05) is 30.3 Å². The van der Waals surface area contributed by atoms with Crippen molar-refractivity contribution in [1.29, 1.82) is 0 Å². The maximum Gasteiger partial charge on any atom is 0.262 e. The minimum atomic E-state index is -0.229. The van der Waals surface area contributed by atoms with Gasteiger partial charge in [-0.05, 0) is 67.4 Å². The molecule has 0 saturated heterocycles. The van der Waals surface area contributed by atoms with Crippen LogP contribution in [0.5, 0.6) is 5.75 Å². The number of nitrogens with one attached hydrogen (secondary N) is 2. The molecule has 2 N–H and O–H groups in total. The zero-order chi connectivity index (χ0) is 21.3. The molecule has 5 nitrogen and oxygen atoms in total. The third-order valence-electron chi connectivity index (χ3n) is 4.50. The number of ether oxygens (including phenoxy) is 1. The number of hydrogen-bond acceptors (Lipinski definition) is 4. The van der Waals surface area contributed by atoms with Crippen LogP contribution in [0, 0.1) is 13.8 Å². The van der Waals surface area contributed by atoms with E-state index in [2.05, 4.69) is 10.6 Å². The highest BCUT2D eigenvalue weighted by molar-refractivity contribution is 8.00. The van der Waals surface area contributed by atoms with Crippen molar-refractivity contribution in [3.8, 4) is 5.75 Å². The molecule has 3 rings (SSSR count). The molecule has 0 fully saturated rings. The van der Waals surface area contributed by atoms with E-state index in [1.165, 1.54) is 11.8 Å². The Morgan fingerprint density at radius 3 is 2.30 bits per heavy atom. The quantitative estimate of drug-likeness (QED) is 0.500. The minimum absolute atomic E-state index is 0.0517. The third-order valence-corrected chi connectivity index (χ3v) is 5.51. The van der Waals surface area contributed by atoms with Gasteiger partial charge in [0.05, 0.1) is 5.75 Å². The van der Waals surface area contributed by atoms with Gasteiger partial charge in [0.1, 0.15) is 5.75 Å². The van der Waals surface area contributed by atoms with E-state index in [9.17, 15) is 9.59 Å². The van der Waals surface area contributed by atoms with Crippen molar-refractivity contribution in [2.24, 2.45) is 0 Å². The molecule has 6 heteroatoms. The van der Waals surface area contributed by atoms with Gasteiger partial charge in [0.15, 0.2) is 6.61 Å². The first-order valence-electron chi connectivity index (χ1n) is 9.58. The van der Waals surface area contributed by atoms with Gasteiger partial charge in [0.2, 0.25) is 5.91 Å². The Labute approximate surface area is 180 Å². The molecular weight excluding hydrogens is 396 g/mol. The number of carbonyl (C=O) groups excluding carboxylic acids is 2. The Kier molecular flexibility index (Phi) is 7.51. The summed E-state index contributed by atoms with van der Waals surface area (Å²) in [6.07, 6.45) is 0. The van der Waals surface area contributed by atoms with Crippen LogP contribution in [0.25, 0.3) is 0 Å². The standard InChI is InChI=1S/C24H24N2O3S/c1-17-7-6-10-22(18(17)2)26-24(28)16-30-21-13-11-19(12-14-21)25-23(27)15-29-20-8-4-3-5-9-20/h3-14H,15-16H2,1-2H3,(H,25,27)(H,26,28). The van der Waals surface area contributed by atoms with E-state index in [-0.39, 0.29) is 18.4 Å². The molecule has 0 bridgehead atoms. The lowest BCUT2D eigenvalue weighted by atomic mass is 10.1. The summed E-state index contributed by atoms with van der Waals surface area (Å²) < 4.78 is 5.43. The minimum Gasteiger partial charge on any atom is -0.484 e. The number of hydrogen-bond donors (Lipinski definition) is 2. The average molecular weight is 421 g/mol. The van der Waals surface area contributed by atoms with E-state index in [4.69, 9.17) is 4.74 Å². The largest absolute Gasteiger partial charge is 0.484 e. The second-order valence-corrected chi connectivity index (χ2v) is 7.81. The summed E-state index contributed by atoms with van der Waals surface area (Å²) in [6, 6.07) is 22.4. The third kappa shape index (κ3) is 6.39. The first kappa shape index (κ1) is 21.5. The SMILES string of the molecule is Cc1cccc(NC(=O)CSc2ccc(NC(=O)COc3ccccc3)cc2)c1C. The Hall–Kier alpha value is -3.25. The van der Waals surface area contributed by atoms with Crippen LogP contribution in [0.2, 0.25) is 0 Å². The molecule has 0 spiro atoms. The van der Waals surface area contributed by atoms with Gasteiger partial charge in [-0.15, -0.1) is 11.8 Å². The van der Waals surface area contributed by atoms with Crippen molar-refractivity contribution in [2.75, 3.05) is 23.0 Å². The Bertz CT molecular complexity index is 1000. The second kappa shape index (κ2) is 10.5. The Morgan fingerprint density at radius 1 is 0.833 bits per heavy atom. The van der Waals surface area contributed by atoms with Gasteiger partial charge in [-0.25, -0.2) is 0 Å². The number of rotatable bonds is 8. The van der Waals surface area contributed by atoms with E-state index in [0.717, 1.165) is 21.7 Å². The number of thioether (sulfide) groups is 1. The predicted molar refractivity (Wildman–Crippen MR) is 122 cm³/mol. The Morgan fingerprint density at radius 2 is 1.57 bits per heavy atom. The van der Waals surface area contributed by atoms with Gasteiger partial charge in [0, 0.05) is 16.3 Å². The highest BCUT2D eigenvalue weighted by Crippen LogP contribution is 2.22. The first-order chi connectivity index (χ1) is 14.5. The summed E-state index contributed by atoms with van der Waals surface area (Å²) in [6.45, 7) is 3.96. The van der Waals surface area contributed by atoms with E-state index in [0.29, 0.717) is 17.2 Å². The van der Waals surface area contributed by atoms with Crippen LogP contribution in [0.1, 0.15) is 11.1 Å². The molecule has 0 unspecified atom stereocenters. The van der Waals surface area contributed by atoms with Crippen LogP contribution in [-0.2, 0) is 9.59 Å². The maximum absolute atomic E-state index is 12.2. The number of para-hydroxylation sites is 1. The molecule has 0 radical (unpaired) electrons. The molecule has 0 aliphatic rings. The van der Waals surface area contributed by atoms with Gasteiger partial charge in [0.25, 0.3) is 5.91 Å². The lowest BCUT2D eigenvalue weighted by molar-refractivity contribution is -0.118. The van der Waals surface area contributed by atoms with Crippen molar-refractivity contribution in [2.45, 2.75) is 18.7 Å². The van der Waals surface area contributed by atoms with Crippen molar-refractivity contribution >= 4 is 35.0 Å². The molecule has 3 aromatic carbocycles. The lowest BCUT2D eigenvalue weighted by Gasteiger charge is -2.10. The molecule has 30 heavy (non-hydrogen) atoms. The maximum atomic E-state index is 12.2. The van der Waals surface area contributed by atoms with Crippen LogP contribution in [0.3, 0.4) is 0 Å². The van der Waals surface area contributed by atoms with Crippen molar-refractivity contribution in [3.05, 3.63) is 83.9 Å². The number of amides is 2. The normalized spacial score (nSPS) is 10.3. The fraction of sp³-hybridized carbons (Fsp3) is 0.167. The van der Waals surface area contributed by atoms with Crippen LogP contribution in [0.15, 0.2) is 77.7 Å². The van der Waals surface area contributed by atoms with E-state index in [1.54, 1.807) is 12.1 Å². The van der Waals surface area contributed by atoms with Crippen LogP contribution in [-0.4, -0.2) is 24.2 Å². The molecule has 0 saturated carbocycles. The van der Waals surface area contributed by atoms with E-state index >= 15 is 0 Å². The summed E-state index contributed by atoms with van der Waals surface area (Å²) in [5.74, 6) is 0.680. The second-order valence-electron chi connectivity index (χ2n) is 6.76. The fourth-order valence-electron chi connectivity index (χ4n) is 2.72. The van der Waals surface area contributed by atoms with Gasteiger partial charge >= 0.3 is 0 Å². The summed E-state index contributed by atoms with van der Waals surface area (Å²) in [7, 11) is 0. The zero-order valence-electron chi connectivity index (χ0n) is 17.0. The van der Waals surface area contributed by atoms with Crippen LogP contribution >= 0.6 is 11.8 Å².